The summed E-state index contributed by atoms with van der Waals surface area (Å²) < 4.78 is 32.8. The molecule has 3 N–H and O–H groups in total. The first-order valence-corrected chi connectivity index (χ1v) is 26.3. The number of hydrogen-bond donors (Lipinski definition) is 3. The molecule has 1 unspecified atom stereocenters. The van der Waals surface area contributed by atoms with Crippen LogP contribution in [-0.2, 0) is 32.7 Å². The molecule has 0 amide bonds. The number of phosphoric ester groups is 1. The van der Waals surface area contributed by atoms with Crippen molar-refractivity contribution in [3.63, 3.8) is 0 Å². The number of ether oxygens (including phenoxy) is 2. The Balaban J connectivity index is 4.17. The zero-order valence-corrected chi connectivity index (χ0v) is 39.6. The Kier molecular flexibility index (Phi) is 44.3. The molecule has 0 bridgehead atoms. The number of allylic oxidation sites excluding steroid dienone is 4. The zero-order valence-electron chi connectivity index (χ0n) is 38.7. The van der Waals surface area contributed by atoms with Crippen LogP contribution in [0.4, 0.5) is 0 Å². The number of phosphoric acid groups is 1. The van der Waals surface area contributed by atoms with Crippen LogP contribution in [0.1, 0.15) is 239 Å². The molecule has 0 aliphatic carbocycles. The smallest absolute Gasteiger partial charge is 0.462 e. The zero-order chi connectivity index (χ0) is 44.0. The van der Waals surface area contributed by atoms with Crippen molar-refractivity contribution in [1.82, 2.24) is 0 Å². The molecule has 0 fully saturated rings. The van der Waals surface area contributed by atoms with Crippen LogP contribution >= 0.6 is 7.82 Å². The van der Waals surface area contributed by atoms with E-state index in [-0.39, 0.29) is 19.4 Å². The number of rotatable bonds is 47. The van der Waals surface area contributed by atoms with Crippen molar-refractivity contribution in [1.29, 1.82) is 0 Å². The highest BCUT2D eigenvalue weighted by atomic mass is 31.2. The van der Waals surface area contributed by atoms with Gasteiger partial charge in [-0.3, -0.25) is 18.6 Å². The quantitative estimate of drug-likeness (QED) is 0.0233. The van der Waals surface area contributed by atoms with Crippen molar-refractivity contribution in [3.05, 3.63) is 24.3 Å². The number of aliphatic hydroxyl groups excluding tert-OH is 2. The molecule has 0 rings (SSSR count). The van der Waals surface area contributed by atoms with Gasteiger partial charge in [-0.05, 0) is 57.8 Å². The first-order chi connectivity index (χ1) is 29.2. The molecule has 0 aliphatic heterocycles. The Labute approximate surface area is 368 Å². The van der Waals surface area contributed by atoms with Crippen LogP contribution in [0.25, 0.3) is 0 Å². The fraction of sp³-hybridized carbons (Fsp3) is 0.878. The van der Waals surface area contributed by atoms with Gasteiger partial charge in [-0.15, -0.1) is 0 Å². The van der Waals surface area contributed by atoms with Crippen molar-refractivity contribution in [2.75, 3.05) is 26.4 Å². The van der Waals surface area contributed by atoms with Crippen LogP contribution in [0.3, 0.4) is 0 Å². The lowest BCUT2D eigenvalue weighted by atomic mass is 10.0. The second-order valence-electron chi connectivity index (χ2n) is 16.8. The van der Waals surface area contributed by atoms with Crippen LogP contribution in [0.5, 0.6) is 0 Å². The second-order valence-corrected chi connectivity index (χ2v) is 18.3. The molecule has 0 saturated heterocycles. The molecule has 0 radical (unpaired) electrons. The topological polar surface area (TPSA) is 149 Å². The Morgan fingerprint density at radius 1 is 0.483 bits per heavy atom. The minimum Gasteiger partial charge on any atom is -0.462 e. The summed E-state index contributed by atoms with van der Waals surface area (Å²) in [4.78, 5) is 35.1. The maximum Gasteiger partial charge on any atom is 0.472 e. The summed E-state index contributed by atoms with van der Waals surface area (Å²) in [6.07, 6.45) is 47.4. The van der Waals surface area contributed by atoms with Gasteiger partial charge in [-0.25, -0.2) is 4.57 Å². The van der Waals surface area contributed by atoms with Crippen molar-refractivity contribution in [2.24, 2.45) is 0 Å². The maximum absolute atomic E-state index is 12.6. The number of aliphatic hydroxyl groups is 2. The van der Waals surface area contributed by atoms with Gasteiger partial charge in [-0.1, -0.05) is 192 Å². The lowest BCUT2D eigenvalue weighted by molar-refractivity contribution is -0.161. The van der Waals surface area contributed by atoms with Gasteiger partial charge in [0.25, 0.3) is 0 Å². The average molecular weight is 873 g/mol. The summed E-state index contributed by atoms with van der Waals surface area (Å²) >= 11 is 0. The van der Waals surface area contributed by atoms with Gasteiger partial charge in [0, 0.05) is 12.8 Å². The molecular weight excluding hydrogens is 780 g/mol. The van der Waals surface area contributed by atoms with Gasteiger partial charge < -0.3 is 24.6 Å². The predicted molar refractivity (Wildman–Crippen MR) is 247 cm³/mol. The summed E-state index contributed by atoms with van der Waals surface area (Å²) in [6.45, 7) is 2.37. The summed E-state index contributed by atoms with van der Waals surface area (Å²) in [6, 6.07) is 0. The van der Waals surface area contributed by atoms with Crippen molar-refractivity contribution in [2.45, 2.75) is 251 Å². The molecule has 0 spiro atoms. The minimum atomic E-state index is -4.62. The Hall–Kier alpha value is -1.55. The summed E-state index contributed by atoms with van der Waals surface area (Å²) in [5, 5.41) is 18.4. The highest BCUT2D eigenvalue weighted by Crippen LogP contribution is 2.43. The van der Waals surface area contributed by atoms with Gasteiger partial charge in [0.2, 0.25) is 0 Å². The van der Waals surface area contributed by atoms with E-state index in [0.29, 0.717) is 12.8 Å². The third kappa shape index (κ3) is 44.5. The minimum absolute atomic E-state index is 0.171. The van der Waals surface area contributed by atoms with E-state index in [4.69, 9.17) is 23.6 Å². The van der Waals surface area contributed by atoms with E-state index in [1.54, 1.807) is 0 Å². The standard InChI is InChI=1S/C49H93O10P/c1-3-5-7-9-11-13-15-17-19-20-21-22-23-24-25-26-27-29-30-32-34-36-38-40-48(52)56-44-47(45-58-60(54,55)57-43-46(51)42-50)59-49(53)41-39-37-35-33-31-28-18-16-14-12-10-8-6-4-2/h16,18,32,34,46-47,50-51H,3-15,17,19-31,33,35-45H2,1-2H3,(H,54,55)/b18-16+,34-32+/t46-,47+/m1/s1. The third-order valence-electron chi connectivity index (χ3n) is 10.8. The fourth-order valence-electron chi connectivity index (χ4n) is 6.99. The molecule has 0 saturated carbocycles. The lowest BCUT2D eigenvalue weighted by Crippen LogP contribution is -2.29. The number of carbonyl (C=O) groups is 2. The molecule has 11 heteroatoms. The van der Waals surface area contributed by atoms with E-state index < -0.39 is 51.8 Å². The molecule has 60 heavy (non-hydrogen) atoms. The van der Waals surface area contributed by atoms with Gasteiger partial charge in [0.05, 0.1) is 19.8 Å². The Morgan fingerprint density at radius 2 is 0.833 bits per heavy atom. The first-order valence-electron chi connectivity index (χ1n) is 24.8. The van der Waals surface area contributed by atoms with E-state index in [0.717, 1.165) is 51.4 Å². The van der Waals surface area contributed by atoms with E-state index in [1.807, 2.05) is 0 Å². The van der Waals surface area contributed by atoms with E-state index in [9.17, 15) is 24.2 Å². The first kappa shape index (κ1) is 58.5. The second kappa shape index (κ2) is 45.5. The fourth-order valence-corrected chi connectivity index (χ4v) is 7.78. The van der Waals surface area contributed by atoms with E-state index >= 15 is 0 Å². The molecule has 3 atom stereocenters. The predicted octanol–water partition coefficient (Wildman–Crippen LogP) is 13.7. The Morgan fingerprint density at radius 3 is 1.25 bits per heavy atom. The summed E-state index contributed by atoms with van der Waals surface area (Å²) in [5.41, 5.74) is 0. The highest BCUT2D eigenvalue weighted by molar-refractivity contribution is 7.47. The van der Waals surface area contributed by atoms with E-state index in [1.165, 1.54) is 148 Å². The van der Waals surface area contributed by atoms with Gasteiger partial charge in [0.1, 0.15) is 12.7 Å². The molecule has 0 heterocycles. The highest BCUT2D eigenvalue weighted by Gasteiger charge is 2.27. The molecule has 10 nitrogen and oxygen atoms in total. The van der Waals surface area contributed by atoms with Crippen LogP contribution in [0, 0.1) is 0 Å². The normalized spacial score (nSPS) is 13.9. The van der Waals surface area contributed by atoms with Crippen LogP contribution in [0.2, 0.25) is 0 Å². The van der Waals surface area contributed by atoms with E-state index in [2.05, 4.69) is 38.2 Å². The third-order valence-corrected chi connectivity index (χ3v) is 11.8. The van der Waals surface area contributed by atoms with Gasteiger partial charge in [0.15, 0.2) is 6.10 Å². The number of unbranched alkanes of at least 4 members (excludes halogenated alkanes) is 29. The molecular formula is C49H93O10P. The van der Waals surface area contributed by atoms with Gasteiger partial charge in [-0.2, -0.15) is 0 Å². The van der Waals surface area contributed by atoms with Crippen LogP contribution < -0.4 is 0 Å². The molecule has 354 valence electrons. The largest absolute Gasteiger partial charge is 0.472 e. The average Bonchev–Trinajstić information content (AvgIpc) is 3.24. The summed E-state index contributed by atoms with van der Waals surface area (Å²) in [5.74, 6) is -0.963. The number of carbonyl (C=O) groups excluding carboxylic acids is 2. The van der Waals surface area contributed by atoms with Crippen molar-refractivity contribution < 1.29 is 47.8 Å². The van der Waals surface area contributed by atoms with Crippen molar-refractivity contribution >= 4 is 19.8 Å². The lowest BCUT2D eigenvalue weighted by Gasteiger charge is -2.20. The molecule has 0 aromatic rings. The van der Waals surface area contributed by atoms with Crippen LogP contribution in [-0.4, -0.2) is 65.7 Å². The summed E-state index contributed by atoms with van der Waals surface area (Å²) in [7, 11) is -4.62. The molecule has 0 aromatic carbocycles. The number of esters is 2. The Bertz CT molecular complexity index is 1050. The van der Waals surface area contributed by atoms with Gasteiger partial charge >= 0.3 is 19.8 Å². The monoisotopic (exact) mass is 873 g/mol. The molecule has 0 aromatic heterocycles. The van der Waals surface area contributed by atoms with Crippen molar-refractivity contribution in [3.8, 4) is 0 Å². The number of hydrogen-bond acceptors (Lipinski definition) is 9. The van der Waals surface area contributed by atoms with Crippen LogP contribution in [0.15, 0.2) is 24.3 Å². The SMILES string of the molecule is CCCCCCC/C=C/CCCCCCCC(=O)O[C@@H](COC(=O)CCC/C=C/CCCCCCCCCCCCCCCCCCCC)COP(=O)(O)OC[C@H](O)CO. The molecule has 0 aliphatic rings. The maximum atomic E-state index is 12.6.